The van der Waals surface area contributed by atoms with E-state index in [1.165, 1.54) is 173 Å². The summed E-state index contributed by atoms with van der Waals surface area (Å²) in [6.45, 7) is 4.92. The Labute approximate surface area is 349 Å². The number of aliphatic hydroxyl groups excluding tert-OH is 2. The number of hydrogen-bond acceptors (Lipinski definition) is 5. The smallest absolute Gasteiger partial charge is 0.305 e. The van der Waals surface area contributed by atoms with Crippen molar-refractivity contribution in [3.05, 3.63) is 12.2 Å². The van der Waals surface area contributed by atoms with Crippen molar-refractivity contribution in [1.29, 1.82) is 0 Å². The molecule has 0 heterocycles. The molecule has 0 rings (SSSR count). The first kappa shape index (κ1) is 54.6. The lowest BCUT2D eigenvalue weighted by molar-refractivity contribution is -0.143. The van der Waals surface area contributed by atoms with Crippen LogP contribution in [0.3, 0.4) is 0 Å². The van der Waals surface area contributed by atoms with Crippen LogP contribution < -0.4 is 5.32 Å². The second-order valence-corrected chi connectivity index (χ2v) is 17.1. The zero-order valence-electron chi connectivity index (χ0n) is 37.6. The van der Waals surface area contributed by atoms with Gasteiger partial charge in [0.2, 0.25) is 5.91 Å². The van der Waals surface area contributed by atoms with E-state index in [1.807, 2.05) is 0 Å². The van der Waals surface area contributed by atoms with Crippen molar-refractivity contribution in [3.63, 3.8) is 0 Å². The van der Waals surface area contributed by atoms with E-state index in [0.717, 1.165) is 64.2 Å². The van der Waals surface area contributed by atoms with Crippen LogP contribution in [0.25, 0.3) is 0 Å². The Hall–Kier alpha value is -1.40. The number of carbonyl (C=O) groups is 2. The number of nitrogens with one attached hydrogen (secondary N) is 1. The fraction of sp³-hybridized carbons (Fsp3) is 0.920. The molecule has 56 heavy (non-hydrogen) atoms. The predicted molar refractivity (Wildman–Crippen MR) is 241 cm³/mol. The zero-order valence-corrected chi connectivity index (χ0v) is 37.6. The lowest BCUT2D eigenvalue weighted by Gasteiger charge is -2.22. The number of esters is 1. The average molecular weight is 792 g/mol. The number of amides is 1. The molecule has 332 valence electrons. The van der Waals surface area contributed by atoms with Crippen molar-refractivity contribution in [2.75, 3.05) is 13.2 Å². The highest BCUT2D eigenvalue weighted by molar-refractivity contribution is 5.76. The van der Waals surface area contributed by atoms with E-state index in [2.05, 4.69) is 31.3 Å². The van der Waals surface area contributed by atoms with Crippen molar-refractivity contribution < 1.29 is 24.5 Å². The maximum Gasteiger partial charge on any atom is 0.305 e. The van der Waals surface area contributed by atoms with Crippen molar-refractivity contribution in [2.24, 2.45) is 0 Å². The molecule has 0 radical (unpaired) electrons. The summed E-state index contributed by atoms with van der Waals surface area (Å²) in [4.78, 5) is 24.4. The third-order valence-electron chi connectivity index (χ3n) is 11.6. The Kier molecular flexibility index (Phi) is 45.1. The van der Waals surface area contributed by atoms with Gasteiger partial charge in [-0.15, -0.1) is 0 Å². The second-order valence-electron chi connectivity index (χ2n) is 17.1. The van der Waals surface area contributed by atoms with Gasteiger partial charge in [-0.1, -0.05) is 219 Å². The molecule has 0 aliphatic rings. The molecule has 0 aliphatic carbocycles. The van der Waals surface area contributed by atoms with E-state index < -0.39 is 12.1 Å². The Bertz CT molecular complexity index is 832. The normalized spacial score (nSPS) is 12.7. The van der Waals surface area contributed by atoms with Crippen LogP contribution in [-0.4, -0.2) is 47.4 Å². The van der Waals surface area contributed by atoms with Crippen LogP contribution in [0, 0.1) is 0 Å². The molecule has 0 bridgehead atoms. The van der Waals surface area contributed by atoms with Gasteiger partial charge in [0.25, 0.3) is 0 Å². The Morgan fingerprint density at radius 1 is 0.482 bits per heavy atom. The maximum atomic E-state index is 12.4. The zero-order chi connectivity index (χ0) is 40.8. The molecule has 0 saturated heterocycles. The number of unbranched alkanes of at least 4 members (excludes halogenated alkanes) is 33. The number of rotatable bonds is 46. The molecule has 0 spiro atoms. The third kappa shape index (κ3) is 42.2. The molecular formula is C50H97NO5. The van der Waals surface area contributed by atoms with Crippen LogP contribution in [-0.2, 0) is 14.3 Å². The first-order chi connectivity index (χ1) is 27.5. The van der Waals surface area contributed by atoms with Gasteiger partial charge in [0.15, 0.2) is 0 Å². The Balaban J connectivity index is 3.46. The van der Waals surface area contributed by atoms with Crippen LogP contribution in [0.4, 0.5) is 0 Å². The highest BCUT2D eigenvalue weighted by atomic mass is 16.5. The van der Waals surface area contributed by atoms with E-state index in [9.17, 15) is 19.8 Å². The van der Waals surface area contributed by atoms with Gasteiger partial charge >= 0.3 is 5.97 Å². The second kappa shape index (κ2) is 46.3. The molecule has 0 aromatic rings. The van der Waals surface area contributed by atoms with Crippen molar-refractivity contribution in [3.8, 4) is 0 Å². The fourth-order valence-electron chi connectivity index (χ4n) is 7.69. The standard InChI is InChI=1S/C50H97NO5/c1-3-5-7-9-11-13-15-24-28-32-36-40-44-50(55)56-45-41-37-33-29-25-21-19-17-16-18-20-23-27-31-35-39-43-49(54)51-47(46-52)48(53)42-38-34-30-26-22-14-12-10-8-6-4-2/h16,18,47-48,52-53H,3-15,17,19-46H2,1-2H3,(H,51,54)/b18-16-. The van der Waals surface area contributed by atoms with E-state index in [1.54, 1.807) is 0 Å². The largest absolute Gasteiger partial charge is 0.466 e. The summed E-state index contributed by atoms with van der Waals surface area (Å²) in [7, 11) is 0. The van der Waals surface area contributed by atoms with Gasteiger partial charge in [0.1, 0.15) is 0 Å². The average Bonchev–Trinajstić information content (AvgIpc) is 3.20. The minimum Gasteiger partial charge on any atom is -0.466 e. The van der Waals surface area contributed by atoms with Crippen molar-refractivity contribution in [2.45, 2.75) is 283 Å². The molecule has 0 aromatic carbocycles. The molecule has 2 unspecified atom stereocenters. The monoisotopic (exact) mass is 792 g/mol. The van der Waals surface area contributed by atoms with Crippen LogP contribution in [0.15, 0.2) is 12.2 Å². The number of carbonyl (C=O) groups excluding carboxylic acids is 2. The van der Waals surface area contributed by atoms with Gasteiger partial charge in [0, 0.05) is 12.8 Å². The van der Waals surface area contributed by atoms with Gasteiger partial charge in [-0.25, -0.2) is 0 Å². The summed E-state index contributed by atoms with van der Waals surface area (Å²) in [5.74, 6) is -0.0553. The number of hydrogen-bond donors (Lipinski definition) is 3. The molecule has 6 heteroatoms. The molecule has 2 atom stereocenters. The summed E-state index contributed by atoms with van der Waals surface area (Å²) in [5, 5.41) is 23.1. The summed E-state index contributed by atoms with van der Waals surface area (Å²) in [5.41, 5.74) is 0. The van der Waals surface area contributed by atoms with Crippen LogP contribution in [0.5, 0.6) is 0 Å². The summed E-state index contributed by atoms with van der Waals surface area (Å²) in [6, 6.07) is -0.551. The van der Waals surface area contributed by atoms with Crippen LogP contribution in [0.1, 0.15) is 271 Å². The first-order valence-electron chi connectivity index (χ1n) is 24.9. The van der Waals surface area contributed by atoms with Crippen molar-refractivity contribution >= 4 is 11.9 Å². The molecule has 1 amide bonds. The first-order valence-corrected chi connectivity index (χ1v) is 24.9. The van der Waals surface area contributed by atoms with Crippen LogP contribution >= 0.6 is 0 Å². The molecule has 0 fully saturated rings. The Morgan fingerprint density at radius 3 is 1.27 bits per heavy atom. The highest BCUT2D eigenvalue weighted by Crippen LogP contribution is 2.16. The summed E-state index contributed by atoms with van der Waals surface area (Å²) < 4.78 is 5.45. The number of aliphatic hydroxyl groups is 2. The molecule has 3 N–H and O–H groups in total. The molecular weight excluding hydrogens is 695 g/mol. The molecule has 0 saturated carbocycles. The van der Waals surface area contributed by atoms with Crippen molar-refractivity contribution in [1.82, 2.24) is 5.32 Å². The van der Waals surface area contributed by atoms with E-state index in [0.29, 0.717) is 25.9 Å². The van der Waals surface area contributed by atoms with Gasteiger partial charge in [-0.2, -0.15) is 0 Å². The topological polar surface area (TPSA) is 95.9 Å². The van der Waals surface area contributed by atoms with Crippen LogP contribution in [0.2, 0.25) is 0 Å². The van der Waals surface area contributed by atoms with E-state index >= 15 is 0 Å². The van der Waals surface area contributed by atoms with Gasteiger partial charge in [0.05, 0.1) is 25.4 Å². The lowest BCUT2D eigenvalue weighted by atomic mass is 10.0. The summed E-state index contributed by atoms with van der Waals surface area (Å²) >= 11 is 0. The molecule has 0 aliphatic heterocycles. The summed E-state index contributed by atoms with van der Waals surface area (Å²) in [6.07, 6.45) is 51.8. The molecule has 0 aromatic heterocycles. The minimum atomic E-state index is -0.672. The SMILES string of the molecule is CCCCCCCCCCCCCCC(=O)OCCCCCCCCC/C=C\CCCCCCCC(=O)NC(CO)C(O)CCCCCCCCCCCCC. The van der Waals surface area contributed by atoms with Gasteiger partial charge < -0.3 is 20.3 Å². The third-order valence-corrected chi connectivity index (χ3v) is 11.6. The fourth-order valence-corrected chi connectivity index (χ4v) is 7.69. The van der Waals surface area contributed by atoms with Gasteiger partial charge in [-0.3, -0.25) is 9.59 Å². The quantitative estimate of drug-likeness (QED) is 0.0324. The highest BCUT2D eigenvalue weighted by Gasteiger charge is 2.20. The number of allylic oxidation sites excluding steroid dienone is 2. The Morgan fingerprint density at radius 2 is 0.839 bits per heavy atom. The van der Waals surface area contributed by atoms with Gasteiger partial charge in [-0.05, 0) is 51.4 Å². The number of ether oxygens (including phenoxy) is 1. The predicted octanol–water partition coefficient (Wildman–Crippen LogP) is 14.6. The lowest BCUT2D eigenvalue weighted by Crippen LogP contribution is -2.45. The molecule has 6 nitrogen and oxygen atoms in total. The van der Waals surface area contributed by atoms with E-state index in [4.69, 9.17) is 4.74 Å². The maximum absolute atomic E-state index is 12.4. The van der Waals surface area contributed by atoms with E-state index in [-0.39, 0.29) is 18.5 Å². The minimum absolute atomic E-state index is 0.00234.